The average Bonchev–Trinajstić information content (AvgIpc) is 2.58. The second-order valence-corrected chi connectivity index (χ2v) is 5.88. The van der Waals surface area contributed by atoms with Gasteiger partial charge in [0.2, 0.25) is 0 Å². The molecule has 0 aliphatic heterocycles. The Morgan fingerprint density at radius 2 is 1.67 bits per heavy atom. The normalized spacial score (nSPS) is 10.7. The molecule has 3 N–H and O–H groups in total. The van der Waals surface area contributed by atoms with Crippen molar-refractivity contribution >= 4 is 52.9 Å². The van der Waals surface area contributed by atoms with Crippen molar-refractivity contribution in [3.05, 3.63) is 69.2 Å². The molecule has 2 rings (SSSR count). The summed E-state index contributed by atoms with van der Waals surface area (Å²) < 4.78 is 26.3. The standard InChI is InChI=1S/C17H10Cl2F2N2O4/c18-10-3-1-8(2-4-15(24)25)5-14(10)22-17(27)23-16(26)9-6-12(20)13(21)7-11(9)19/h1-7H,(H,24,25)(H2,22,23,26,27)/b4-2+. The molecule has 6 nitrogen and oxygen atoms in total. The molecule has 0 bridgehead atoms. The quantitative estimate of drug-likeness (QED) is 0.512. The van der Waals surface area contributed by atoms with E-state index in [0.29, 0.717) is 17.7 Å². The van der Waals surface area contributed by atoms with Gasteiger partial charge in [-0.05, 0) is 35.9 Å². The molecule has 0 radical (unpaired) electrons. The minimum Gasteiger partial charge on any atom is -0.478 e. The van der Waals surface area contributed by atoms with E-state index in [1.807, 2.05) is 5.32 Å². The molecule has 10 heteroatoms. The number of nitrogens with one attached hydrogen (secondary N) is 2. The Labute approximate surface area is 161 Å². The van der Waals surface area contributed by atoms with Crippen LogP contribution >= 0.6 is 23.2 Å². The van der Waals surface area contributed by atoms with Crippen LogP contribution in [0.4, 0.5) is 19.3 Å². The Morgan fingerprint density at radius 3 is 2.33 bits per heavy atom. The summed E-state index contributed by atoms with van der Waals surface area (Å²) in [6.07, 6.45) is 2.16. The Kier molecular flexibility index (Phi) is 6.49. The van der Waals surface area contributed by atoms with Gasteiger partial charge in [0.15, 0.2) is 11.6 Å². The number of carbonyl (C=O) groups is 3. The van der Waals surface area contributed by atoms with Crippen molar-refractivity contribution in [3.8, 4) is 0 Å². The van der Waals surface area contributed by atoms with Crippen LogP contribution in [0.25, 0.3) is 6.08 Å². The fourth-order valence-electron chi connectivity index (χ4n) is 1.93. The molecule has 0 aliphatic carbocycles. The highest BCUT2D eigenvalue weighted by molar-refractivity contribution is 6.35. The van der Waals surface area contributed by atoms with Crippen molar-refractivity contribution < 1.29 is 28.3 Å². The number of aliphatic carboxylic acids is 1. The number of imide groups is 1. The summed E-state index contributed by atoms with van der Waals surface area (Å²) in [5.74, 6) is -4.76. The van der Waals surface area contributed by atoms with Crippen LogP contribution in [0, 0.1) is 11.6 Å². The maximum atomic E-state index is 13.3. The summed E-state index contributed by atoms with van der Waals surface area (Å²) in [4.78, 5) is 34.5. The molecule has 0 spiro atoms. The van der Waals surface area contributed by atoms with E-state index in [4.69, 9.17) is 28.3 Å². The molecule has 0 unspecified atom stereocenters. The largest absolute Gasteiger partial charge is 0.478 e. The molecule has 0 aliphatic rings. The maximum absolute atomic E-state index is 13.3. The monoisotopic (exact) mass is 414 g/mol. The van der Waals surface area contributed by atoms with E-state index in [1.54, 1.807) is 0 Å². The molecule has 0 aromatic heterocycles. The predicted molar refractivity (Wildman–Crippen MR) is 96.0 cm³/mol. The SMILES string of the molecule is O=C(O)/C=C/c1ccc(Cl)c(NC(=O)NC(=O)c2cc(F)c(F)cc2Cl)c1. The average molecular weight is 415 g/mol. The molecule has 0 fully saturated rings. The van der Waals surface area contributed by atoms with Gasteiger partial charge in [-0.25, -0.2) is 18.4 Å². The van der Waals surface area contributed by atoms with Crippen molar-refractivity contribution in [2.24, 2.45) is 0 Å². The molecule has 0 atom stereocenters. The zero-order valence-corrected chi connectivity index (χ0v) is 14.7. The number of halogens is 4. The van der Waals surface area contributed by atoms with Gasteiger partial charge in [-0.15, -0.1) is 0 Å². The van der Waals surface area contributed by atoms with E-state index in [1.165, 1.54) is 24.3 Å². The Balaban J connectivity index is 2.14. The zero-order chi connectivity index (χ0) is 20.1. The van der Waals surface area contributed by atoms with Gasteiger partial charge >= 0.3 is 12.0 Å². The smallest absolute Gasteiger partial charge is 0.328 e. The van der Waals surface area contributed by atoms with Crippen LogP contribution in [0.15, 0.2) is 36.4 Å². The highest BCUT2D eigenvalue weighted by Gasteiger charge is 2.17. The fraction of sp³-hybridized carbons (Fsp3) is 0. The van der Waals surface area contributed by atoms with Crippen molar-refractivity contribution in [1.82, 2.24) is 5.32 Å². The lowest BCUT2D eigenvalue weighted by Gasteiger charge is -2.10. The van der Waals surface area contributed by atoms with E-state index in [2.05, 4.69) is 5.32 Å². The molecule has 0 saturated heterocycles. The van der Waals surface area contributed by atoms with Crippen LogP contribution in [-0.4, -0.2) is 23.0 Å². The van der Waals surface area contributed by atoms with Crippen molar-refractivity contribution in [3.63, 3.8) is 0 Å². The van der Waals surface area contributed by atoms with Crippen LogP contribution in [-0.2, 0) is 4.79 Å². The van der Waals surface area contributed by atoms with Gasteiger partial charge in [0.25, 0.3) is 5.91 Å². The first-order chi connectivity index (χ1) is 12.7. The van der Waals surface area contributed by atoms with Gasteiger partial charge in [-0.3, -0.25) is 10.1 Å². The van der Waals surface area contributed by atoms with Gasteiger partial charge < -0.3 is 10.4 Å². The lowest BCUT2D eigenvalue weighted by molar-refractivity contribution is -0.131. The Bertz CT molecular complexity index is 964. The topological polar surface area (TPSA) is 95.5 Å². The first-order valence-electron chi connectivity index (χ1n) is 7.15. The molecule has 2 aromatic rings. The van der Waals surface area contributed by atoms with Gasteiger partial charge in [-0.2, -0.15) is 0 Å². The van der Waals surface area contributed by atoms with Crippen LogP contribution in [0.2, 0.25) is 10.0 Å². The second kappa shape index (κ2) is 8.61. The predicted octanol–water partition coefficient (Wildman–Crippen LogP) is 4.33. The number of carboxylic acid groups (broad SMARTS) is 1. The lowest BCUT2D eigenvalue weighted by Crippen LogP contribution is -2.34. The highest BCUT2D eigenvalue weighted by Crippen LogP contribution is 2.24. The summed E-state index contributed by atoms with van der Waals surface area (Å²) >= 11 is 11.6. The second-order valence-electron chi connectivity index (χ2n) is 5.07. The van der Waals surface area contributed by atoms with E-state index in [-0.39, 0.29) is 15.7 Å². The molecular weight excluding hydrogens is 405 g/mol. The Morgan fingerprint density at radius 1 is 1.00 bits per heavy atom. The number of carbonyl (C=O) groups excluding carboxylic acids is 2. The zero-order valence-electron chi connectivity index (χ0n) is 13.2. The van der Waals surface area contributed by atoms with E-state index in [9.17, 15) is 23.2 Å². The molecular formula is C17H10Cl2F2N2O4. The molecule has 0 saturated carbocycles. The summed E-state index contributed by atoms with van der Waals surface area (Å²) in [7, 11) is 0. The fourth-order valence-corrected chi connectivity index (χ4v) is 2.33. The number of benzene rings is 2. The summed E-state index contributed by atoms with van der Waals surface area (Å²) in [6.45, 7) is 0. The van der Waals surface area contributed by atoms with Crippen LogP contribution < -0.4 is 10.6 Å². The van der Waals surface area contributed by atoms with Crippen LogP contribution in [0.1, 0.15) is 15.9 Å². The van der Waals surface area contributed by atoms with Gasteiger partial charge in [-0.1, -0.05) is 29.3 Å². The first-order valence-corrected chi connectivity index (χ1v) is 7.90. The van der Waals surface area contributed by atoms with Gasteiger partial charge in [0.05, 0.1) is 21.3 Å². The number of hydrogen-bond acceptors (Lipinski definition) is 3. The molecule has 140 valence electrons. The number of hydrogen-bond donors (Lipinski definition) is 3. The van der Waals surface area contributed by atoms with Crippen molar-refractivity contribution in [2.45, 2.75) is 0 Å². The van der Waals surface area contributed by atoms with E-state index in [0.717, 1.165) is 6.08 Å². The molecule has 27 heavy (non-hydrogen) atoms. The van der Waals surface area contributed by atoms with Crippen LogP contribution in [0.5, 0.6) is 0 Å². The first kappa shape index (κ1) is 20.3. The Hall–Kier alpha value is -2.97. The van der Waals surface area contributed by atoms with Crippen LogP contribution in [0.3, 0.4) is 0 Å². The van der Waals surface area contributed by atoms with Gasteiger partial charge in [0, 0.05) is 6.08 Å². The summed E-state index contributed by atoms with van der Waals surface area (Å²) in [6, 6.07) is 4.45. The number of urea groups is 1. The molecule has 2 aromatic carbocycles. The van der Waals surface area contributed by atoms with Crippen molar-refractivity contribution in [2.75, 3.05) is 5.32 Å². The van der Waals surface area contributed by atoms with E-state index < -0.39 is 35.1 Å². The number of carboxylic acids is 1. The third-order valence-corrected chi connectivity index (χ3v) is 3.78. The highest BCUT2D eigenvalue weighted by atomic mass is 35.5. The third-order valence-electron chi connectivity index (χ3n) is 3.14. The number of anilines is 1. The number of amides is 3. The minimum atomic E-state index is -1.30. The summed E-state index contributed by atoms with van der Waals surface area (Å²) in [5, 5.41) is 12.5. The third kappa shape index (κ3) is 5.50. The lowest BCUT2D eigenvalue weighted by atomic mass is 10.2. The maximum Gasteiger partial charge on any atom is 0.328 e. The van der Waals surface area contributed by atoms with Crippen molar-refractivity contribution in [1.29, 1.82) is 0 Å². The van der Waals surface area contributed by atoms with Gasteiger partial charge in [0.1, 0.15) is 0 Å². The van der Waals surface area contributed by atoms with E-state index >= 15 is 0 Å². The minimum absolute atomic E-state index is 0.0888. The number of rotatable bonds is 4. The summed E-state index contributed by atoms with van der Waals surface area (Å²) in [5.41, 5.74) is 0.0768. The molecule has 0 heterocycles. The molecule has 3 amide bonds.